The van der Waals surface area contributed by atoms with Gasteiger partial charge in [-0.25, -0.2) is 19.2 Å². The average molecular weight is 691 g/mol. The number of aliphatic carboxylic acids is 3. The molecule has 0 radical (unpaired) electrons. The summed E-state index contributed by atoms with van der Waals surface area (Å²) in [5, 5.41) is 53.5. The van der Waals surface area contributed by atoms with Crippen molar-refractivity contribution in [2.24, 2.45) is 17.8 Å². The van der Waals surface area contributed by atoms with Crippen molar-refractivity contribution in [1.29, 1.82) is 0 Å². The van der Waals surface area contributed by atoms with E-state index in [9.17, 15) is 49.5 Å². The van der Waals surface area contributed by atoms with Crippen LogP contribution in [0.25, 0.3) is 0 Å². The largest absolute Gasteiger partial charge is 0.479 e. The van der Waals surface area contributed by atoms with Crippen LogP contribution in [0.1, 0.15) is 65.9 Å². The normalized spacial score (nSPS) is 30.1. The monoisotopic (exact) mass is 690 g/mol. The number of allylic oxidation sites excluding steroid dienone is 1. The molecule has 0 aromatic heterocycles. The Kier molecular flexibility index (Phi) is 12.5. The minimum atomic E-state index is -3.90. The van der Waals surface area contributed by atoms with Gasteiger partial charge < -0.3 is 44.5 Å². The third kappa shape index (κ3) is 7.88. The van der Waals surface area contributed by atoms with Crippen LogP contribution in [0, 0.1) is 17.8 Å². The molecule has 0 spiro atoms. The van der Waals surface area contributed by atoms with E-state index in [0.29, 0.717) is 18.8 Å². The summed E-state index contributed by atoms with van der Waals surface area (Å²) in [4.78, 5) is 63.0. The van der Waals surface area contributed by atoms with E-state index in [0.717, 1.165) is 18.1 Å². The fourth-order valence-corrected chi connectivity index (χ4v) is 6.58. The summed E-state index contributed by atoms with van der Waals surface area (Å²) in [5.41, 5.74) is -6.27. The Morgan fingerprint density at radius 3 is 2.20 bits per heavy atom. The maximum atomic E-state index is 13.0. The highest BCUT2D eigenvalue weighted by atomic mass is 16.8. The highest BCUT2D eigenvalue weighted by molar-refractivity contribution is 5.98. The first-order valence-corrected chi connectivity index (χ1v) is 16.1. The van der Waals surface area contributed by atoms with Crippen LogP contribution in [0.2, 0.25) is 0 Å². The van der Waals surface area contributed by atoms with Crippen molar-refractivity contribution >= 4 is 29.8 Å². The second kappa shape index (κ2) is 15.6. The quantitative estimate of drug-likeness (QED) is 0.0901. The topological polar surface area (TPSA) is 223 Å². The van der Waals surface area contributed by atoms with Gasteiger partial charge in [0.05, 0.1) is 0 Å². The molecule has 2 bridgehead atoms. The number of aliphatic hydroxyl groups is 2. The molecule has 10 atom stereocenters. The van der Waals surface area contributed by atoms with E-state index < -0.39 is 77.7 Å². The number of rotatable bonds is 17. The fraction of sp³-hybridized carbons (Fsp3) is 0.571. The minimum Gasteiger partial charge on any atom is -0.479 e. The summed E-state index contributed by atoms with van der Waals surface area (Å²) < 4.78 is 22.0. The predicted octanol–water partition coefficient (Wildman–Crippen LogP) is 2.88. The number of esters is 2. The lowest BCUT2D eigenvalue weighted by molar-refractivity contribution is -0.374. The Hall–Kier alpha value is -4.11. The molecule has 4 unspecified atom stereocenters. The molecule has 2 aliphatic heterocycles. The van der Waals surface area contributed by atoms with Gasteiger partial charge in [0.2, 0.25) is 23.1 Å². The Balaban J connectivity index is 2.02. The molecule has 5 N–H and O–H groups in total. The van der Waals surface area contributed by atoms with Gasteiger partial charge in [0.25, 0.3) is 0 Å². The molecule has 1 aromatic carbocycles. The third-order valence-corrected chi connectivity index (χ3v) is 9.29. The van der Waals surface area contributed by atoms with Gasteiger partial charge >= 0.3 is 29.8 Å². The summed E-state index contributed by atoms with van der Waals surface area (Å²) in [7, 11) is 0. The standard InChI is InChI=1S/C35H46O14/c1-7-19(2)17-20(3)13-14-25(37)47-28-27(38)33(48-29(30(39)40)34(45,31(41)42)35(28,49-33)32(43)44)16-15-21(4)26(46-23(6)36)22(5)18-24-11-9-8-10-12-24/h8-14,19-20,22,26-29,38,45H,4,7,15-18H2,1-3,5-6H3,(H,39,40)(H,41,42)(H,43,44)/b14-13+/t19-,20+,22-,26-,27-,28-,29?,33?,34?,35?/m1/s1. The van der Waals surface area contributed by atoms with E-state index in [1.54, 1.807) is 6.92 Å². The highest BCUT2D eigenvalue weighted by Gasteiger charge is 2.85. The van der Waals surface area contributed by atoms with Crippen LogP contribution in [0.5, 0.6) is 0 Å². The Bertz CT molecular complexity index is 1440. The molecule has 14 nitrogen and oxygen atoms in total. The van der Waals surface area contributed by atoms with Crippen LogP contribution in [0.3, 0.4) is 0 Å². The maximum Gasteiger partial charge on any atom is 0.344 e. The molecule has 14 heteroatoms. The van der Waals surface area contributed by atoms with Crippen molar-refractivity contribution in [1.82, 2.24) is 0 Å². The van der Waals surface area contributed by atoms with Gasteiger partial charge in [-0.05, 0) is 42.2 Å². The number of ether oxygens (including phenoxy) is 4. The van der Waals surface area contributed by atoms with Gasteiger partial charge in [0.15, 0.2) is 6.10 Å². The van der Waals surface area contributed by atoms with Crippen molar-refractivity contribution in [3.05, 3.63) is 60.2 Å². The summed E-state index contributed by atoms with van der Waals surface area (Å²) in [6.45, 7) is 12.9. The van der Waals surface area contributed by atoms with E-state index in [-0.39, 0.29) is 23.8 Å². The molecule has 2 aliphatic rings. The zero-order chi connectivity index (χ0) is 36.9. The van der Waals surface area contributed by atoms with Crippen LogP contribution in [-0.2, 0) is 49.3 Å². The van der Waals surface area contributed by atoms with Crippen LogP contribution in [0.15, 0.2) is 54.6 Å². The third-order valence-electron chi connectivity index (χ3n) is 9.29. The smallest absolute Gasteiger partial charge is 0.344 e. The van der Waals surface area contributed by atoms with E-state index >= 15 is 0 Å². The summed E-state index contributed by atoms with van der Waals surface area (Å²) in [6.07, 6.45) is -4.83. The molecule has 2 fully saturated rings. The number of benzene rings is 1. The van der Waals surface area contributed by atoms with E-state index in [1.807, 2.05) is 51.1 Å². The summed E-state index contributed by atoms with van der Waals surface area (Å²) in [5.74, 6) is -11.3. The lowest BCUT2D eigenvalue weighted by atomic mass is 9.74. The second-order valence-electron chi connectivity index (χ2n) is 13.1. The lowest BCUT2D eigenvalue weighted by Crippen LogP contribution is -2.78. The van der Waals surface area contributed by atoms with Crippen molar-refractivity contribution in [2.75, 3.05) is 0 Å². The van der Waals surface area contributed by atoms with Crippen LogP contribution in [-0.4, -0.2) is 96.8 Å². The molecule has 0 amide bonds. The van der Waals surface area contributed by atoms with Gasteiger partial charge in [0.1, 0.15) is 12.2 Å². The first-order valence-electron chi connectivity index (χ1n) is 16.1. The summed E-state index contributed by atoms with van der Waals surface area (Å²) >= 11 is 0. The minimum absolute atomic E-state index is 0.123. The molecule has 270 valence electrons. The molecule has 0 saturated carbocycles. The molecule has 0 aliphatic carbocycles. The molecule has 2 heterocycles. The van der Waals surface area contributed by atoms with Crippen LogP contribution < -0.4 is 0 Å². The SMILES string of the molecule is C=C(CCC12OC(C(=O)O)C(O)(C(=O)O)C(C(=O)O)(O1)[C@H](OC(=O)/C=C/[C@H](C)C[C@H](C)CC)[C@H]2O)[C@@H](OC(C)=O)[C@H](C)Cc1ccccc1. The van der Waals surface area contributed by atoms with Gasteiger partial charge in [0, 0.05) is 25.3 Å². The first kappa shape index (κ1) is 39.3. The van der Waals surface area contributed by atoms with Gasteiger partial charge in [-0.2, -0.15) is 0 Å². The van der Waals surface area contributed by atoms with E-state index in [4.69, 9.17) is 18.9 Å². The zero-order valence-corrected chi connectivity index (χ0v) is 28.2. The number of carbonyl (C=O) groups is 5. The number of aliphatic hydroxyl groups excluding tert-OH is 1. The number of carboxylic acid groups (broad SMARTS) is 3. The van der Waals surface area contributed by atoms with Gasteiger partial charge in [-0.15, -0.1) is 0 Å². The fourth-order valence-electron chi connectivity index (χ4n) is 6.58. The van der Waals surface area contributed by atoms with E-state index in [2.05, 4.69) is 6.58 Å². The highest BCUT2D eigenvalue weighted by Crippen LogP contribution is 2.56. The number of hydrogen-bond acceptors (Lipinski definition) is 11. The van der Waals surface area contributed by atoms with Crippen molar-refractivity contribution in [3.63, 3.8) is 0 Å². The molecule has 3 rings (SSSR count). The Morgan fingerprint density at radius 1 is 1.04 bits per heavy atom. The number of carboxylic acids is 3. The van der Waals surface area contributed by atoms with E-state index in [1.165, 1.54) is 13.0 Å². The number of carbonyl (C=O) groups excluding carboxylic acids is 2. The van der Waals surface area contributed by atoms with Gasteiger partial charge in [-0.1, -0.05) is 77.1 Å². The van der Waals surface area contributed by atoms with Crippen LogP contribution >= 0.6 is 0 Å². The maximum absolute atomic E-state index is 13.0. The number of hydrogen-bond donors (Lipinski definition) is 5. The molecular formula is C35H46O14. The van der Waals surface area contributed by atoms with Crippen molar-refractivity contribution < 1.29 is 68.5 Å². The first-order chi connectivity index (χ1) is 22.9. The zero-order valence-electron chi connectivity index (χ0n) is 28.2. The van der Waals surface area contributed by atoms with Crippen molar-refractivity contribution in [3.8, 4) is 0 Å². The summed E-state index contributed by atoms with van der Waals surface area (Å²) in [6, 6.07) is 9.29. The van der Waals surface area contributed by atoms with Gasteiger partial charge in [-0.3, -0.25) is 4.79 Å². The molecule has 2 saturated heterocycles. The lowest BCUT2D eigenvalue weighted by Gasteiger charge is -2.48. The van der Waals surface area contributed by atoms with Crippen LogP contribution in [0.4, 0.5) is 0 Å². The van der Waals surface area contributed by atoms with Crippen molar-refractivity contribution in [2.45, 2.75) is 108 Å². The predicted molar refractivity (Wildman–Crippen MR) is 171 cm³/mol. The second-order valence-corrected chi connectivity index (χ2v) is 13.1. The number of fused-ring (bicyclic) bond motifs is 2. The Labute approximate surface area is 284 Å². The Morgan fingerprint density at radius 2 is 1.67 bits per heavy atom. The molecule has 49 heavy (non-hydrogen) atoms. The molecule has 1 aromatic rings. The average Bonchev–Trinajstić information content (AvgIpc) is 3.25. The molecular weight excluding hydrogens is 644 g/mol.